The van der Waals surface area contributed by atoms with Gasteiger partial charge in [-0.1, -0.05) is 6.92 Å². The van der Waals surface area contributed by atoms with Crippen molar-refractivity contribution in [3.8, 4) is 0 Å². The summed E-state index contributed by atoms with van der Waals surface area (Å²) in [5.74, 6) is -0.239. The summed E-state index contributed by atoms with van der Waals surface area (Å²) in [6, 6.07) is -0.265. The molecule has 0 saturated carbocycles. The molecule has 0 aromatic heterocycles. The van der Waals surface area contributed by atoms with E-state index >= 15 is 0 Å². The Bertz CT molecular complexity index is 238. The number of hydrogen-bond acceptors (Lipinski definition) is 3. The van der Waals surface area contributed by atoms with E-state index in [1.807, 2.05) is 0 Å². The molecule has 1 amide bonds. The van der Waals surface area contributed by atoms with Crippen molar-refractivity contribution < 1.29 is 9.59 Å². The highest BCUT2D eigenvalue weighted by atomic mass is 16.2. The summed E-state index contributed by atoms with van der Waals surface area (Å²) in [4.78, 5) is 24.1. The molecular weight excluding hydrogens is 168 g/mol. The lowest BCUT2D eigenvalue weighted by Gasteiger charge is -2.21. The lowest BCUT2D eigenvalue weighted by atomic mass is 10.1. The van der Waals surface area contributed by atoms with Crippen LogP contribution in [0.3, 0.4) is 0 Å². The molecule has 13 heavy (non-hydrogen) atoms. The van der Waals surface area contributed by atoms with Gasteiger partial charge < -0.3 is 10.3 Å². The summed E-state index contributed by atoms with van der Waals surface area (Å²) in [5, 5.41) is 6.83. The molecule has 0 aromatic rings. The van der Waals surface area contributed by atoms with Crippen molar-refractivity contribution in [2.45, 2.75) is 32.2 Å². The Labute approximate surface area is 77.4 Å². The lowest BCUT2D eigenvalue weighted by molar-refractivity contribution is -0.132. The van der Waals surface area contributed by atoms with Gasteiger partial charge in [0.25, 0.3) is 5.91 Å². The van der Waals surface area contributed by atoms with Crippen LogP contribution in [0.1, 0.15) is 26.2 Å². The number of ketones is 1. The van der Waals surface area contributed by atoms with Gasteiger partial charge in [-0.2, -0.15) is 0 Å². The Morgan fingerprint density at radius 3 is 2.85 bits per heavy atom. The van der Waals surface area contributed by atoms with E-state index in [2.05, 4.69) is 0 Å². The van der Waals surface area contributed by atoms with Gasteiger partial charge in [-0.25, -0.2) is 0 Å². The molecule has 1 aliphatic rings. The van der Waals surface area contributed by atoms with Crippen molar-refractivity contribution in [3.05, 3.63) is 0 Å². The smallest absolute Gasteiger partial charge is 0.264 e. The van der Waals surface area contributed by atoms with E-state index in [0.717, 1.165) is 19.1 Å². The number of likely N-dealkylation sites (tertiary alicyclic amines) is 1. The third-order valence-corrected chi connectivity index (χ3v) is 2.38. The quantitative estimate of drug-likeness (QED) is 0.650. The van der Waals surface area contributed by atoms with Crippen molar-refractivity contribution in [3.63, 3.8) is 0 Å². The molecule has 1 rings (SSSR count). The van der Waals surface area contributed by atoms with Gasteiger partial charge in [0.1, 0.15) is 0 Å². The minimum absolute atomic E-state index is 0.104. The second-order valence-corrected chi connectivity index (χ2v) is 3.15. The van der Waals surface area contributed by atoms with Crippen molar-refractivity contribution >= 4 is 17.9 Å². The summed E-state index contributed by atoms with van der Waals surface area (Å²) in [6.07, 6.45) is 2.87. The van der Waals surface area contributed by atoms with Crippen LogP contribution >= 0.6 is 0 Å². The van der Waals surface area contributed by atoms with Crippen LogP contribution in [-0.2, 0) is 9.59 Å². The summed E-state index contributed by atoms with van der Waals surface area (Å²) in [6.45, 7) is 2.42. The minimum Gasteiger partial charge on any atom is -0.328 e. The first-order valence-electron chi connectivity index (χ1n) is 4.54. The van der Waals surface area contributed by atoms with Gasteiger partial charge in [0, 0.05) is 13.0 Å². The molecule has 72 valence electrons. The molecule has 1 unspecified atom stereocenters. The van der Waals surface area contributed by atoms with Gasteiger partial charge in [-0.05, 0) is 12.8 Å². The Hall–Kier alpha value is -1.19. The second kappa shape index (κ2) is 4.16. The fraction of sp³-hybridized carbons (Fsp3) is 0.667. The zero-order chi connectivity index (χ0) is 9.84. The molecule has 0 spiro atoms. The average Bonchev–Trinajstić information content (AvgIpc) is 2.63. The first-order valence-corrected chi connectivity index (χ1v) is 4.54. The van der Waals surface area contributed by atoms with Gasteiger partial charge in [0.2, 0.25) is 0 Å². The molecule has 1 heterocycles. The van der Waals surface area contributed by atoms with Gasteiger partial charge in [0.15, 0.2) is 5.78 Å². The van der Waals surface area contributed by atoms with E-state index in [0.29, 0.717) is 13.0 Å². The van der Waals surface area contributed by atoms with Gasteiger partial charge in [0.05, 0.1) is 12.3 Å². The van der Waals surface area contributed by atoms with Crippen LogP contribution in [-0.4, -0.2) is 35.4 Å². The lowest BCUT2D eigenvalue weighted by Crippen LogP contribution is -2.40. The number of Topliss-reactive ketones (excluding diaryl/α,β-unsaturated/α-hetero) is 1. The van der Waals surface area contributed by atoms with E-state index < -0.39 is 0 Å². The predicted molar refractivity (Wildman–Crippen MR) is 48.8 cm³/mol. The normalized spacial score (nSPS) is 21.6. The van der Waals surface area contributed by atoms with Crippen molar-refractivity contribution in [1.29, 1.82) is 5.41 Å². The number of amides is 1. The number of nitrogens with zero attached hydrogens (tertiary/aromatic N) is 1. The topological polar surface area (TPSA) is 61.2 Å². The molecule has 1 fully saturated rings. The number of nitrogens with one attached hydrogen (secondary N) is 1. The zero-order valence-electron chi connectivity index (χ0n) is 7.75. The van der Waals surface area contributed by atoms with Crippen LogP contribution in [0, 0.1) is 5.41 Å². The Kier molecular flexibility index (Phi) is 3.17. The van der Waals surface area contributed by atoms with Crippen LogP contribution in [0.25, 0.3) is 0 Å². The molecule has 4 heteroatoms. The third kappa shape index (κ3) is 1.94. The first kappa shape index (κ1) is 9.89. The van der Waals surface area contributed by atoms with E-state index in [1.54, 1.807) is 6.92 Å². The van der Waals surface area contributed by atoms with Crippen LogP contribution in [0.4, 0.5) is 0 Å². The molecule has 0 radical (unpaired) electrons. The fourth-order valence-corrected chi connectivity index (χ4v) is 1.68. The number of rotatable bonds is 3. The summed E-state index contributed by atoms with van der Waals surface area (Å²) in [5.41, 5.74) is 0. The fourth-order valence-electron chi connectivity index (χ4n) is 1.68. The molecule has 1 atom stereocenters. The maximum absolute atomic E-state index is 11.4. The summed E-state index contributed by atoms with van der Waals surface area (Å²) in [7, 11) is 0. The molecular formula is C9H14N2O2. The van der Waals surface area contributed by atoms with Crippen LogP contribution in [0.2, 0.25) is 0 Å². The predicted octanol–water partition coefficient (Wildman–Crippen LogP) is 0.606. The van der Waals surface area contributed by atoms with E-state index in [1.165, 1.54) is 4.90 Å². The number of hydrogen-bond donors (Lipinski definition) is 1. The van der Waals surface area contributed by atoms with E-state index in [-0.39, 0.29) is 17.7 Å². The maximum Gasteiger partial charge on any atom is 0.264 e. The van der Waals surface area contributed by atoms with Crippen LogP contribution < -0.4 is 0 Å². The molecule has 0 aromatic carbocycles. The highest BCUT2D eigenvalue weighted by Gasteiger charge is 2.31. The largest absolute Gasteiger partial charge is 0.328 e. The third-order valence-electron chi connectivity index (χ3n) is 2.38. The summed E-state index contributed by atoms with van der Waals surface area (Å²) < 4.78 is 0. The zero-order valence-corrected chi connectivity index (χ0v) is 7.75. The molecule has 1 saturated heterocycles. The second-order valence-electron chi connectivity index (χ2n) is 3.15. The molecule has 4 nitrogen and oxygen atoms in total. The monoisotopic (exact) mass is 182 g/mol. The summed E-state index contributed by atoms with van der Waals surface area (Å²) >= 11 is 0. The standard InChI is InChI=1S/C9H14N2O2/c1-2-8(12)7-4-3-5-11(7)9(13)6-10/h6-7,10H,2-5H2,1H3. The highest BCUT2D eigenvalue weighted by Crippen LogP contribution is 2.18. The molecule has 0 bridgehead atoms. The maximum atomic E-state index is 11.4. The van der Waals surface area contributed by atoms with Crippen LogP contribution in [0.5, 0.6) is 0 Å². The molecule has 1 N–H and O–H groups in total. The minimum atomic E-state index is -0.343. The Morgan fingerprint density at radius 1 is 1.62 bits per heavy atom. The Morgan fingerprint density at radius 2 is 2.31 bits per heavy atom. The number of carbonyl (C=O) groups excluding carboxylic acids is 2. The average molecular weight is 182 g/mol. The molecule has 0 aliphatic carbocycles. The van der Waals surface area contributed by atoms with Crippen molar-refractivity contribution in [2.24, 2.45) is 0 Å². The van der Waals surface area contributed by atoms with Gasteiger partial charge >= 0.3 is 0 Å². The van der Waals surface area contributed by atoms with E-state index in [9.17, 15) is 9.59 Å². The van der Waals surface area contributed by atoms with Gasteiger partial charge in [-0.15, -0.1) is 0 Å². The Balaban J connectivity index is 2.68. The first-order chi connectivity index (χ1) is 6.20. The van der Waals surface area contributed by atoms with Gasteiger partial charge in [-0.3, -0.25) is 9.59 Å². The SMILES string of the molecule is CCC(=O)C1CCCN1C(=O)C=N. The highest BCUT2D eigenvalue weighted by molar-refractivity contribution is 6.25. The number of carbonyl (C=O) groups is 2. The van der Waals surface area contributed by atoms with Crippen molar-refractivity contribution in [1.82, 2.24) is 4.90 Å². The molecule has 1 aliphatic heterocycles. The van der Waals surface area contributed by atoms with E-state index in [4.69, 9.17) is 5.41 Å². The van der Waals surface area contributed by atoms with Crippen molar-refractivity contribution in [2.75, 3.05) is 6.54 Å². The van der Waals surface area contributed by atoms with Crippen LogP contribution in [0.15, 0.2) is 0 Å².